The van der Waals surface area contributed by atoms with E-state index < -0.39 is 72.3 Å². The summed E-state index contributed by atoms with van der Waals surface area (Å²) in [5.41, 5.74) is -8.14. The van der Waals surface area contributed by atoms with Gasteiger partial charge in [-0.25, -0.2) is 0 Å². The van der Waals surface area contributed by atoms with Crippen molar-refractivity contribution in [3.63, 3.8) is 0 Å². The van der Waals surface area contributed by atoms with Crippen LogP contribution >= 0.6 is 0 Å². The Hall–Kier alpha value is -1.69. The predicted molar refractivity (Wildman–Crippen MR) is 63.0 cm³/mol. The fourth-order valence-electron chi connectivity index (χ4n) is 1.73. The maximum absolute atomic E-state index is 12.9. The Labute approximate surface area is 128 Å². The summed E-state index contributed by atoms with van der Waals surface area (Å²) in [7, 11) is 0. The van der Waals surface area contributed by atoms with Crippen LogP contribution in [-0.4, -0.2) is 29.5 Å². The SMILES string of the molecule is OCC(O)CNc1c(C(F)(F)F)cc(C(F)(F)F)cc1C(F)(F)F. The maximum Gasteiger partial charge on any atom is 0.418 e. The van der Waals surface area contributed by atoms with Crippen LogP contribution in [0.2, 0.25) is 0 Å². The monoisotopic (exact) mass is 371 g/mol. The molecule has 24 heavy (non-hydrogen) atoms. The van der Waals surface area contributed by atoms with Crippen molar-refractivity contribution in [3.05, 3.63) is 28.8 Å². The zero-order valence-corrected chi connectivity index (χ0v) is 11.4. The summed E-state index contributed by atoms with van der Waals surface area (Å²) in [6.45, 7) is -1.91. The quantitative estimate of drug-likeness (QED) is 0.710. The second-order valence-corrected chi connectivity index (χ2v) is 4.66. The van der Waals surface area contributed by atoms with Gasteiger partial charge in [0, 0.05) is 6.54 Å². The van der Waals surface area contributed by atoms with Crippen molar-refractivity contribution in [1.29, 1.82) is 0 Å². The summed E-state index contributed by atoms with van der Waals surface area (Å²) in [6.07, 6.45) is -18.2. The molecule has 0 fully saturated rings. The molecular weight excluding hydrogens is 361 g/mol. The van der Waals surface area contributed by atoms with E-state index >= 15 is 0 Å². The van der Waals surface area contributed by atoms with Crippen molar-refractivity contribution in [2.45, 2.75) is 24.6 Å². The van der Waals surface area contributed by atoms with Crippen LogP contribution in [0.1, 0.15) is 16.7 Å². The van der Waals surface area contributed by atoms with E-state index in [0.717, 1.165) is 0 Å². The van der Waals surface area contributed by atoms with Gasteiger partial charge in [0.1, 0.15) is 0 Å². The number of aliphatic hydroxyl groups is 2. The van der Waals surface area contributed by atoms with Gasteiger partial charge in [0.05, 0.1) is 35.1 Å². The van der Waals surface area contributed by atoms with Crippen molar-refractivity contribution in [2.24, 2.45) is 0 Å². The second-order valence-electron chi connectivity index (χ2n) is 4.66. The van der Waals surface area contributed by atoms with E-state index in [1.807, 2.05) is 0 Å². The fraction of sp³-hybridized carbons (Fsp3) is 0.500. The predicted octanol–water partition coefficient (Wildman–Crippen LogP) is 3.51. The summed E-state index contributed by atoms with van der Waals surface area (Å²) >= 11 is 0. The zero-order chi connectivity index (χ0) is 18.9. The van der Waals surface area contributed by atoms with Gasteiger partial charge in [-0.2, -0.15) is 39.5 Å². The van der Waals surface area contributed by atoms with E-state index in [9.17, 15) is 39.5 Å². The topological polar surface area (TPSA) is 52.5 Å². The Bertz CT molecular complexity index is 542. The lowest BCUT2D eigenvalue weighted by molar-refractivity contribution is -0.147. The number of hydrogen-bond donors (Lipinski definition) is 3. The van der Waals surface area contributed by atoms with Crippen LogP contribution in [0, 0.1) is 0 Å². The van der Waals surface area contributed by atoms with Crippen LogP contribution < -0.4 is 5.32 Å². The molecule has 3 N–H and O–H groups in total. The van der Waals surface area contributed by atoms with Gasteiger partial charge in [0.2, 0.25) is 0 Å². The molecule has 1 unspecified atom stereocenters. The molecule has 0 radical (unpaired) electrons. The molecule has 1 rings (SSSR count). The number of rotatable bonds is 4. The molecule has 1 aromatic carbocycles. The number of nitrogens with one attached hydrogen (secondary N) is 1. The third-order valence-corrected chi connectivity index (χ3v) is 2.80. The lowest BCUT2D eigenvalue weighted by Gasteiger charge is -2.23. The van der Waals surface area contributed by atoms with E-state index in [2.05, 4.69) is 0 Å². The minimum Gasteiger partial charge on any atom is -0.394 e. The first kappa shape index (κ1) is 20.4. The number of alkyl halides is 9. The van der Waals surface area contributed by atoms with Crippen LogP contribution in [-0.2, 0) is 18.5 Å². The molecule has 1 atom stereocenters. The van der Waals surface area contributed by atoms with E-state index in [1.54, 1.807) is 5.32 Å². The third-order valence-electron chi connectivity index (χ3n) is 2.80. The summed E-state index contributed by atoms with van der Waals surface area (Å²) < 4.78 is 115. The van der Waals surface area contributed by atoms with Gasteiger partial charge in [-0.15, -0.1) is 0 Å². The number of anilines is 1. The van der Waals surface area contributed by atoms with Gasteiger partial charge in [-0.05, 0) is 12.1 Å². The average Bonchev–Trinajstić information content (AvgIpc) is 2.40. The van der Waals surface area contributed by atoms with Gasteiger partial charge >= 0.3 is 18.5 Å². The third kappa shape index (κ3) is 4.90. The Balaban J connectivity index is 3.62. The number of halogens is 9. The molecule has 0 aliphatic heterocycles. The van der Waals surface area contributed by atoms with Crippen LogP contribution in [0.5, 0.6) is 0 Å². The number of hydrogen-bond acceptors (Lipinski definition) is 3. The molecule has 0 saturated heterocycles. The Morgan fingerprint density at radius 3 is 1.54 bits per heavy atom. The van der Waals surface area contributed by atoms with Crippen molar-refractivity contribution in [2.75, 3.05) is 18.5 Å². The molecule has 0 aliphatic rings. The number of aliphatic hydroxyl groups excluding tert-OH is 2. The summed E-state index contributed by atoms with van der Waals surface area (Å²) in [4.78, 5) is 0. The van der Waals surface area contributed by atoms with Crippen LogP contribution in [0.4, 0.5) is 45.2 Å². The summed E-state index contributed by atoms with van der Waals surface area (Å²) in [6, 6.07) is -0.911. The van der Waals surface area contributed by atoms with Crippen molar-refractivity contribution < 1.29 is 49.7 Å². The van der Waals surface area contributed by atoms with Gasteiger partial charge < -0.3 is 15.5 Å². The molecule has 0 saturated carbocycles. The maximum atomic E-state index is 12.9. The summed E-state index contributed by atoms with van der Waals surface area (Å²) in [5, 5.41) is 19.2. The first-order chi connectivity index (χ1) is 10.7. The largest absolute Gasteiger partial charge is 0.418 e. The minimum atomic E-state index is -5.52. The van der Waals surface area contributed by atoms with E-state index in [-0.39, 0.29) is 0 Å². The fourth-order valence-corrected chi connectivity index (χ4v) is 1.73. The first-order valence-corrected chi connectivity index (χ1v) is 6.10. The molecule has 0 bridgehead atoms. The Morgan fingerprint density at radius 2 is 1.25 bits per heavy atom. The Kier molecular flexibility index (Phi) is 5.65. The van der Waals surface area contributed by atoms with Crippen LogP contribution in [0.3, 0.4) is 0 Å². The van der Waals surface area contributed by atoms with Gasteiger partial charge in [-0.1, -0.05) is 0 Å². The van der Waals surface area contributed by atoms with E-state index in [4.69, 9.17) is 10.2 Å². The standard InChI is InChI=1S/C12H10F9NO2/c13-10(14,15)5-1-7(11(16,17)18)9(22-3-6(24)4-23)8(2-5)12(19,20)21/h1-2,6,22-24H,3-4H2. The zero-order valence-electron chi connectivity index (χ0n) is 11.4. The van der Waals surface area contributed by atoms with Gasteiger partial charge in [0.25, 0.3) is 0 Å². The lowest BCUT2D eigenvalue weighted by Crippen LogP contribution is -2.26. The molecule has 3 nitrogen and oxygen atoms in total. The molecule has 0 heterocycles. The molecule has 12 heteroatoms. The molecule has 0 aliphatic carbocycles. The number of benzene rings is 1. The molecule has 0 aromatic heterocycles. The second kappa shape index (κ2) is 6.67. The first-order valence-electron chi connectivity index (χ1n) is 6.10. The molecule has 1 aromatic rings. The smallest absolute Gasteiger partial charge is 0.394 e. The van der Waals surface area contributed by atoms with E-state index in [0.29, 0.717) is 0 Å². The highest BCUT2D eigenvalue weighted by Crippen LogP contribution is 2.46. The highest BCUT2D eigenvalue weighted by Gasteiger charge is 2.44. The highest BCUT2D eigenvalue weighted by atomic mass is 19.4. The lowest BCUT2D eigenvalue weighted by atomic mass is 10.0. The van der Waals surface area contributed by atoms with Crippen molar-refractivity contribution in [1.82, 2.24) is 0 Å². The van der Waals surface area contributed by atoms with Crippen molar-refractivity contribution >= 4 is 5.69 Å². The average molecular weight is 371 g/mol. The van der Waals surface area contributed by atoms with Gasteiger partial charge in [0.15, 0.2) is 0 Å². The molecule has 0 amide bonds. The van der Waals surface area contributed by atoms with Crippen LogP contribution in [0.25, 0.3) is 0 Å². The minimum absolute atomic E-state index is 0.455. The van der Waals surface area contributed by atoms with Crippen LogP contribution in [0.15, 0.2) is 12.1 Å². The summed E-state index contributed by atoms with van der Waals surface area (Å²) in [5.74, 6) is 0. The van der Waals surface area contributed by atoms with Gasteiger partial charge in [-0.3, -0.25) is 0 Å². The normalized spacial score (nSPS) is 14.6. The molecular formula is C12H10F9NO2. The molecule has 0 spiro atoms. The van der Waals surface area contributed by atoms with E-state index in [1.165, 1.54) is 0 Å². The van der Waals surface area contributed by atoms with Crippen molar-refractivity contribution in [3.8, 4) is 0 Å². The molecule has 138 valence electrons. The Morgan fingerprint density at radius 1 is 0.833 bits per heavy atom. The highest BCUT2D eigenvalue weighted by molar-refractivity contribution is 5.62.